The third-order valence-corrected chi connectivity index (χ3v) is 6.08. The van der Waals surface area contributed by atoms with Gasteiger partial charge >= 0.3 is 0 Å². The predicted molar refractivity (Wildman–Crippen MR) is 126 cm³/mol. The van der Waals surface area contributed by atoms with Crippen LogP contribution < -0.4 is 14.8 Å². The Balaban J connectivity index is 1.41. The van der Waals surface area contributed by atoms with E-state index in [0.717, 1.165) is 16.9 Å². The maximum atomic E-state index is 13.1. The smallest absolute Gasteiger partial charge is 0.234 e. The van der Waals surface area contributed by atoms with Gasteiger partial charge in [0, 0.05) is 28.2 Å². The first-order valence-electron chi connectivity index (χ1n) is 9.99. The minimum Gasteiger partial charge on any atom is -0.454 e. The SMILES string of the molecule is O=C(CSc1nc(-c2ccc3c(c2)OCO3)cn1-c1cccc(Cl)c1)Nc1ccc(F)cc1. The summed E-state index contributed by atoms with van der Waals surface area (Å²) in [4.78, 5) is 17.2. The molecule has 1 amide bonds. The molecule has 9 heteroatoms. The van der Waals surface area contributed by atoms with E-state index in [1.807, 2.05) is 47.2 Å². The first-order valence-corrected chi connectivity index (χ1v) is 11.3. The number of carbonyl (C=O) groups is 1. The lowest BCUT2D eigenvalue weighted by Crippen LogP contribution is -2.14. The number of carbonyl (C=O) groups excluding carboxylic acids is 1. The van der Waals surface area contributed by atoms with Crippen LogP contribution in [0.1, 0.15) is 0 Å². The number of fused-ring (bicyclic) bond motifs is 1. The molecule has 5 rings (SSSR count). The van der Waals surface area contributed by atoms with Gasteiger partial charge in [0.25, 0.3) is 0 Å². The van der Waals surface area contributed by atoms with E-state index in [1.165, 1.54) is 36.0 Å². The van der Waals surface area contributed by atoms with Crippen LogP contribution in [0.25, 0.3) is 16.9 Å². The summed E-state index contributed by atoms with van der Waals surface area (Å²) < 4.78 is 25.9. The summed E-state index contributed by atoms with van der Waals surface area (Å²) in [5.74, 6) is 0.895. The summed E-state index contributed by atoms with van der Waals surface area (Å²) in [5.41, 5.74) is 2.93. The van der Waals surface area contributed by atoms with Crippen LogP contribution in [0.15, 0.2) is 78.1 Å². The highest BCUT2D eigenvalue weighted by molar-refractivity contribution is 7.99. The van der Waals surface area contributed by atoms with Crippen LogP contribution >= 0.6 is 23.4 Å². The van der Waals surface area contributed by atoms with Gasteiger partial charge in [-0.2, -0.15) is 0 Å². The van der Waals surface area contributed by atoms with E-state index in [9.17, 15) is 9.18 Å². The standard InChI is InChI=1S/C24H17ClFN3O3S/c25-16-2-1-3-19(11-16)29-12-20(15-4-9-21-22(10-15)32-14-31-21)28-24(29)33-13-23(30)27-18-7-5-17(26)6-8-18/h1-12H,13-14H2,(H,27,30). The number of nitrogens with one attached hydrogen (secondary N) is 1. The zero-order valence-electron chi connectivity index (χ0n) is 17.1. The molecular weight excluding hydrogens is 465 g/mol. The van der Waals surface area contributed by atoms with E-state index < -0.39 is 0 Å². The maximum Gasteiger partial charge on any atom is 0.234 e. The normalized spacial score (nSPS) is 12.1. The molecule has 166 valence electrons. The number of nitrogens with zero attached hydrogens (tertiary/aromatic N) is 2. The molecule has 0 unspecified atom stereocenters. The Labute approximate surface area is 198 Å². The number of halogens is 2. The second-order valence-corrected chi connectivity index (χ2v) is 8.55. The van der Waals surface area contributed by atoms with Crippen molar-refractivity contribution in [2.75, 3.05) is 17.9 Å². The number of ether oxygens (including phenoxy) is 2. The topological polar surface area (TPSA) is 65.4 Å². The monoisotopic (exact) mass is 481 g/mol. The highest BCUT2D eigenvalue weighted by Gasteiger charge is 2.18. The predicted octanol–water partition coefficient (Wildman–Crippen LogP) is 5.79. The van der Waals surface area contributed by atoms with Gasteiger partial charge < -0.3 is 14.8 Å². The number of hydrogen-bond donors (Lipinski definition) is 1. The Kier molecular flexibility index (Phi) is 5.93. The molecule has 0 fully saturated rings. The zero-order chi connectivity index (χ0) is 22.8. The van der Waals surface area contributed by atoms with Crippen LogP contribution in [0.3, 0.4) is 0 Å². The van der Waals surface area contributed by atoms with E-state index in [1.54, 1.807) is 6.07 Å². The van der Waals surface area contributed by atoms with Crippen molar-refractivity contribution in [3.8, 4) is 28.4 Å². The second kappa shape index (κ2) is 9.17. The highest BCUT2D eigenvalue weighted by Crippen LogP contribution is 2.36. The van der Waals surface area contributed by atoms with Crippen molar-refractivity contribution >= 4 is 35.0 Å². The fourth-order valence-electron chi connectivity index (χ4n) is 3.33. The van der Waals surface area contributed by atoms with Crippen molar-refractivity contribution in [2.24, 2.45) is 0 Å². The van der Waals surface area contributed by atoms with Crippen molar-refractivity contribution in [3.63, 3.8) is 0 Å². The van der Waals surface area contributed by atoms with E-state index >= 15 is 0 Å². The fraction of sp³-hybridized carbons (Fsp3) is 0.0833. The lowest BCUT2D eigenvalue weighted by Gasteiger charge is -2.08. The number of rotatable bonds is 6. The second-order valence-electron chi connectivity index (χ2n) is 7.17. The molecule has 0 spiro atoms. The van der Waals surface area contributed by atoms with Gasteiger partial charge in [-0.3, -0.25) is 9.36 Å². The molecule has 1 aliphatic heterocycles. The molecule has 1 aromatic heterocycles. The average Bonchev–Trinajstić information content (AvgIpc) is 3.46. The first kappa shape index (κ1) is 21.4. The van der Waals surface area contributed by atoms with Crippen LogP contribution in [0.2, 0.25) is 5.02 Å². The van der Waals surface area contributed by atoms with E-state index in [2.05, 4.69) is 5.32 Å². The quantitative estimate of drug-likeness (QED) is 0.353. The number of amides is 1. The van der Waals surface area contributed by atoms with Crippen LogP contribution in [0, 0.1) is 5.82 Å². The molecule has 0 saturated heterocycles. The van der Waals surface area contributed by atoms with Crippen LogP contribution in [-0.4, -0.2) is 28.0 Å². The third kappa shape index (κ3) is 4.81. The fourth-order valence-corrected chi connectivity index (χ4v) is 4.31. The number of thioether (sulfide) groups is 1. The first-order chi connectivity index (χ1) is 16.0. The molecule has 1 N–H and O–H groups in total. The van der Waals surface area contributed by atoms with Gasteiger partial charge in [0.15, 0.2) is 16.7 Å². The van der Waals surface area contributed by atoms with Crippen molar-refractivity contribution in [1.82, 2.24) is 9.55 Å². The van der Waals surface area contributed by atoms with E-state index in [4.69, 9.17) is 26.1 Å². The molecule has 33 heavy (non-hydrogen) atoms. The maximum absolute atomic E-state index is 13.1. The molecule has 1 aliphatic rings. The summed E-state index contributed by atoms with van der Waals surface area (Å²) in [6.07, 6.45) is 1.89. The minimum absolute atomic E-state index is 0.121. The van der Waals surface area contributed by atoms with Crippen molar-refractivity contribution in [3.05, 3.63) is 83.8 Å². The van der Waals surface area contributed by atoms with Crippen molar-refractivity contribution in [1.29, 1.82) is 0 Å². The van der Waals surface area contributed by atoms with Crippen molar-refractivity contribution in [2.45, 2.75) is 5.16 Å². The Morgan fingerprint density at radius 3 is 2.73 bits per heavy atom. The van der Waals surface area contributed by atoms with Gasteiger partial charge in [0.05, 0.1) is 11.4 Å². The molecular formula is C24H17ClFN3O3S. The van der Waals surface area contributed by atoms with Crippen LogP contribution in [-0.2, 0) is 4.79 Å². The van der Waals surface area contributed by atoms with E-state index in [0.29, 0.717) is 27.4 Å². The Morgan fingerprint density at radius 2 is 1.91 bits per heavy atom. The highest BCUT2D eigenvalue weighted by atomic mass is 35.5. The van der Waals surface area contributed by atoms with Crippen molar-refractivity contribution < 1.29 is 18.7 Å². The number of hydrogen-bond acceptors (Lipinski definition) is 5. The van der Waals surface area contributed by atoms with Gasteiger partial charge in [0.2, 0.25) is 12.7 Å². The molecule has 6 nitrogen and oxygen atoms in total. The molecule has 0 bridgehead atoms. The lowest BCUT2D eigenvalue weighted by molar-refractivity contribution is -0.113. The van der Waals surface area contributed by atoms with Gasteiger partial charge in [0.1, 0.15) is 5.82 Å². The number of anilines is 1. The summed E-state index contributed by atoms with van der Waals surface area (Å²) in [6.45, 7) is 0.194. The molecule has 4 aromatic rings. The van der Waals surface area contributed by atoms with Gasteiger partial charge in [-0.1, -0.05) is 29.4 Å². The number of benzene rings is 3. The van der Waals surface area contributed by atoms with Crippen LogP contribution in [0.5, 0.6) is 11.5 Å². The van der Waals surface area contributed by atoms with Crippen LogP contribution in [0.4, 0.5) is 10.1 Å². The number of aromatic nitrogens is 2. The van der Waals surface area contributed by atoms with Gasteiger partial charge in [-0.25, -0.2) is 9.37 Å². The summed E-state index contributed by atoms with van der Waals surface area (Å²) in [7, 11) is 0. The Bertz CT molecular complexity index is 1330. The molecule has 0 atom stereocenters. The largest absolute Gasteiger partial charge is 0.454 e. The molecule has 3 aromatic carbocycles. The Hall–Kier alpha value is -3.49. The number of imidazole rings is 1. The lowest BCUT2D eigenvalue weighted by atomic mass is 10.1. The molecule has 0 saturated carbocycles. The summed E-state index contributed by atoms with van der Waals surface area (Å²) >= 11 is 7.49. The summed E-state index contributed by atoms with van der Waals surface area (Å²) in [6, 6.07) is 18.7. The molecule has 0 radical (unpaired) electrons. The summed E-state index contributed by atoms with van der Waals surface area (Å²) in [5, 5.41) is 3.98. The molecule has 0 aliphatic carbocycles. The molecule has 2 heterocycles. The third-order valence-electron chi connectivity index (χ3n) is 4.89. The van der Waals surface area contributed by atoms with Gasteiger partial charge in [-0.05, 0) is 60.7 Å². The zero-order valence-corrected chi connectivity index (χ0v) is 18.7. The van der Waals surface area contributed by atoms with Gasteiger partial charge in [-0.15, -0.1) is 0 Å². The minimum atomic E-state index is -0.359. The van der Waals surface area contributed by atoms with E-state index in [-0.39, 0.29) is 24.3 Å². The Morgan fingerprint density at radius 1 is 1.09 bits per heavy atom. The average molecular weight is 482 g/mol.